The van der Waals surface area contributed by atoms with E-state index in [-0.39, 0.29) is 0 Å². The molecule has 0 fully saturated rings. The van der Waals surface area contributed by atoms with Gasteiger partial charge in [-0.1, -0.05) is 12.1 Å². The fourth-order valence-electron chi connectivity index (χ4n) is 1.68. The summed E-state index contributed by atoms with van der Waals surface area (Å²) < 4.78 is 28.3. The van der Waals surface area contributed by atoms with Gasteiger partial charge in [-0.3, -0.25) is 4.72 Å². The summed E-state index contributed by atoms with van der Waals surface area (Å²) in [5, 5.41) is 3.00. The molecule has 0 radical (unpaired) electrons. The van der Waals surface area contributed by atoms with Crippen molar-refractivity contribution in [3.8, 4) is 0 Å². The molecule has 0 aromatic heterocycles. The zero-order valence-electron chi connectivity index (χ0n) is 12.0. The van der Waals surface area contributed by atoms with E-state index in [2.05, 4.69) is 10.0 Å². The minimum atomic E-state index is -3.48. The summed E-state index contributed by atoms with van der Waals surface area (Å²) in [5.74, 6) is 0. The Balaban J connectivity index is 2.76. The number of benzene rings is 1. The molecular formula is C13H23N3O2S. The monoisotopic (exact) mass is 285 g/mol. The number of aryl methyl sites for hydroxylation is 1. The van der Waals surface area contributed by atoms with Crippen molar-refractivity contribution in [2.45, 2.75) is 20.3 Å². The lowest BCUT2D eigenvalue weighted by Crippen LogP contribution is -2.34. The van der Waals surface area contributed by atoms with E-state index in [9.17, 15) is 8.42 Å². The number of nitrogens with one attached hydrogen (secondary N) is 2. The third kappa shape index (κ3) is 4.49. The predicted molar refractivity (Wildman–Crippen MR) is 79.6 cm³/mol. The van der Waals surface area contributed by atoms with Gasteiger partial charge in [-0.2, -0.15) is 12.7 Å². The molecule has 0 bridgehead atoms. The fraction of sp³-hybridized carbons (Fsp3) is 0.538. The van der Waals surface area contributed by atoms with Gasteiger partial charge in [-0.25, -0.2) is 0 Å². The van der Waals surface area contributed by atoms with Crippen LogP contribution in [-0.4, -0.2) is 39.9 Å². The van der Waals surface area contributed by atoms with Crippen LogP contribution >= 0.6 is 0 Å². The van der Waals surface area contributed by atoms with Crippen molar-refractivity contribution in [1.29, 1.82) is 0 Å². The van der Waals surface area contributed by atoms with Crippen molar-refractivity contribution >= 4 is 15.9 Å². The molecule has 0 amide bonds. The molecule has 0 saturated heterocycles. The van der Waals surface area contributed by atoms with Crippen molar-refractivity contribution in [1.82, 2.24) is 9.62 Å². The topological polar surface area (TPSA) is 61.4 Å². The summed E-state index contributed by atoms with van der Waals surface area (Å²) in [5.41, 5.74) is 2.66. The summed E-state index contributed by atoms with van der Waals surface area (Å²) in [6, 6.07) is 5.59. The highest BCUT2D eigenvalue weighted by Gasteiger charge is 2.17. The lowest BCUT2D eigenvalue weighted by atomic mass is 10.1. The van der Waals surface area contributed by atoms with Gasteiger partial charge in [0, 0.05) is 13.6 Å². The Bertz CT molecular complexity index is 515. The molecule has 6 heteroatoms. The van der Waals surface area contributed by atoms with Crippen molar-refractivity contribution in [3.05, 3.63) is 29.3 Å². The largest absolute Gasteiger partial charge is 0.320 e. The molecule has 0 saturated carbocycles. The van der Waals surface area contributed by atoms with Crippen LogP contribution in [0.5, 0.6) is 0 Å². The summed E-state index contributed by atoms with van der Waals surface area (Å²) >= 11 is 0. The van der Waals surface area contributed by atoms with Crippen molar-refractivity contribution < 1.29 is 8.42 Å². The van der Waals surface area contributed by atoms with Crippen LogP contribution in [-0.2, 0) is 10.2 Å². The van der Waals surface area contributed by atoms with E-state index in [1.807, 2.05) is 33.0 Å². The van der Waals surface area contributed by atoms with Crippen LogP contribution in [0.25, 0.3) is 0 Å². The van der Waals surface area contributed by atoms with Crippen molar-refractivity contribution in [2.24, 2.45) is 0 Å². The van der Waals surface area contributed by atoms with E-state index in [1.54, 1.807) is 13.1 Å². The van der Waals surface area contributed by atoms with Gasteiger partial charge in [-0.05, 0) is 51.1 Å². The van der Waals surface area contributed by atoms with Crippen LogP contribution in [0.3, 0.4) is 0 Å². The van der Waals surface area contributed by atoms with E-state index in [0.29, 0.717) is 12.2 Å². The Morgan fingerprint density at radius 2 is 1.95 bits per heavy atom. The number of nitrogens with zero attached hydrogens (tertiary/aromatic N) is 1. The van der Waals surface area contributed by atoms with Crippen molar-refractivity contribution in [2.75, 3.05) is 31.9 Å². The predicted octanol–water partition coefficient (Wildman–Crippen LogP) is 1.50. The van der Waals surface area contributed by atoms with Gasteiger partial charge >= 0.3 is 10.2 Å². The van der Waals surface area contributed by atoms with E-state index < -0.39 is 10.2 Å². The quantitative estimate of drug-likeness (QED) is 0.746. The van der Waals surface area contributed by atoms with E-state index in [4.69, 9.17) is 0 Å². The summed E-state index contributed by atoms with van der Waals surface area (Å²) in [4.78, 5) is 0. The van der Waals surface area contributed by atoms with Gasteiger partial charge in [0.15, 0.2) is 0 Å². The first-order valence-electron chi connectivity index (χ1n) is 6.33. The Morgan fingerprint density at radius 3 is 2.58 bits per heavy atom. The molecule has 0 aliphatic heterocycles. The van der Waals surface area contributed by atoms with Crippen LogP contribution in [0.1, 0.15) is 17.5 Å². The third-order valence-corrected chi connectivity index (χ3v) is 4.63. The lowest BCUT2D eigenvalue weighted by Gasteiger charge is -2.19. The molecule has 1 aromatic carbocycles. The molecule has 0 atom stereocenters. The van der Waals surface area contributed by atoms with E-state index >= 15 is 0 Å². The highest BCUT2D eigenvalue weighted by Crippen LogP contribution is 2.19. The Morgan fingerprint density at radius 1 is 1.26 bits per heavy atom. The molecule has 5 nitrogen and oxygen atoms in total. The second-order valence-electron chi connectivity index (χ2n) is 4.63. The zero-order valence-corrected chi connectivity index (χ0v) is 12.8. The highest BCUT2D eigenvalue weighted by molar-refractivity contribution is 7.90. The van der Waals surface area contributed by atoms with Gasteiger partial charge in [-0.15, -0.1) is 0 Å². The van der Waals surface area contributed by atoms with E-state index in [1.165, 1.54) is 4.31 Å². The summed E-state index contributed by atoms with van der Waals surface area (Å²) in [6.07, 6.45) is 0.778. The minimum Gasteiger partial charge on any atom is -0.320 e. The molecule has 1 aromatic rings. The molecule has 0 aliphatic carbocycles. The Hall–Kier alpha value is -1.11. The second-order valence-corrected chi connectivity index (χ2v) is 6.41. The van der Waals surface area contributed by atoms with E-state index in [0.717, 1.165) is 24.1 Å². The normalized spacial score (nSPS) is 11.8. The first-order valence-corrected chi connectivity index (χ1v) is 7.77. The maximum atomic E-state index is 12.2. The fourth-order valence-corrected chi connectivity index (χ4v) is 2.70. The first kappa shape index (κ1) is 15.9. The number of hydrogen-bond donors (Lipinski definition) is 2. The second kappa shape index (κ2) is 6.88. The van der Waals surface area contributed by atoms with Gasteiger partial charge in [0.05, 0.1) is 5.69 Å². The SMILES string of the molecule is CNCCCN(C)S(=O)(=O)Nc1cccc(C)c1C. The number of rotatable bonds is 7. The van der Waals surface area contributed by atoms with Crippen LogP contribution in [0.2, 0.25) is 0 Å². The standard InChI is InChI=1S/C13H23N3O2S/c1-11-7-5-8-13(12(11)2)15-19(17,18)16(4)10-6-9-14-3/h5,7-8,14-15H,6,9-10H2,1-4H3. The van der Waals surface area contributed by atoms with Gasteiger partial charge in [0.2, 0.25) is 0 Å². The maximum Gasteiger partial charge on any atom is 0.301 e. The van der Waals surface area contributed by atoms with Crippen LogP contribution in [0, 0.1) is 13.8 Å². The van der Waals surface area contributed by atoms with Crippen molar-refractivity contribution in [3.63, 3.8) is 0 Å². The molecule has 108 valence electrons. The molecule has 0 aliphatic rings. The third-order valence-electron chi connectivity index (χ3n) is 3.15. The Kier molecular flexibility index (Phi) is 5.78. The van der Waals surface area contributed by atoms with Crippen LogP contribution in [0.15, 0.2) is 18.2 Å². The molecule has 1 rings (SSSR count). The summed E-state index contributed by atoms with van der Waals surface area (Å²) in [6.45, 7) is 5.16. The molecule has 0 spiro atoms. The lowest BCUT2D eigenvalue weighted by molar-refractivity contribution is 0.462. The molecule has 2 N–H and O–H groups in total. The highest BCUT2D eigenvalue weighted by atomic mass is 32.2. The zero-order chi connectivity index (χ0) is 14.5. The van der Waals surface area contributed by atoms with Crippen LogP contribution in [0.4, 0.5) is 5.69 Å². The maximum absolute atomic E-state index is 12.2. The van der Waals surface area contributed by atoms with Gasteiger partial charge < -0.3 is 5.32 Å². The molecule has 19 heavy (non-hydrogen) atoms. The summed E-state index contributed by atoms with van der Waals surface area (Å²) in [7, 11) is -0.0410. The average molecular weight is 285 g/mol. The molecule has 0 heterocycles. The average Bonchev–Trinajstić information content (AvgIpc) is 2.35. The first-order chi connectivity index (χ1) is 8.88. The molecule has 0 unspecified atom stereocenters. The van der Waals surface area contributed by atoms with Gasteiger partial charge in [0.25, 0.3) is 0 Å². The minimum absolute atomic E-state index is 0.487. The Labute approximate surface area is 116 Å². The smallest absolute Gasteiger partial charge is 0.301 e. The molecular weight excluding hydrogens is 262 g/mol. The number of hydrogen-bond acceptors (Lipinski definition) is 3. The number of anilines is 1. The van der Waals surface area contributed by atoms with Gasteiger partial charge in [0.1, 0.15) is 0 Å². The van der Waals surface area contributed by atoms with Crippen LogP contribution < -0.4 is 10.0 Å².